The van der Waals surface area contributed by atoms with Crippen molar-refractivity contribution < 1.29 is 17.9 Å². The molecule has 3 rings (SSSR count). The first-order valence-corrected chi connectivity index (χ1v) is 12.1. The molecule has 0 amide bonds. The van der Waals surface area contributed by atoms with Gasteiger partial charge in [-0.05, 0) is 56.5 Å². The minimum absolute atomic E-state index is 0.0574. The average molecular weight is 492 g/mol. The Kier molecular flexibility index (Phi) is 7.39. The third-order valence-corrected chi connectivity index (χ3v) is 7.27. The Bertz CT molecular complexity index is 1050. The summed E-state index contributed by atoms with van der Waals surface area (Å²) >= 11 is 18.0. The molecule has 162 valence electrons. The lowest BCUT2D eigenvalue weighted by Gasteiger charge is -2.31. The third-order valence-electron chi connectivity index (χ3n) is 4.71. The molecule has 1 aliphatic heterocycles. The number of carbonyl (C=O) groups excluding carboxylic acids is 1. The Hall–Kier alpha value is -1.67. The maximum Gasteiger partial charge on any atom is 0.338 e. The van der Waals surface area contributed by atoms with Crippen LogP contribution in [0.2, 0.25) is 15.1 Å². The van der Waals surface area contributed by atoms with Crippen molar-refractivity contribution in [2.45, 2.75) is 31.1 Å². The molecular weight excluding hydrogens is 471 g/mol. The molecule has 2 aromatic rings. The molecule has 0 aliphatic carbocycles. The number of hydrogen-bond donors (Lipinski definition) is 1. The van der Waals surface area contributed by atoms with E-state index in [-0.39, 0.29) is 37.8 Å². The maximum atomic E-state index is 13.1. The molecule has 1 saturated heterocycles. The number of piperidine rings is 1. The molecule has 0 radical (unpaired) electrons. The minimum atomic E-state index is -4.10. The zero-order chi connectivity index (χ0) is 21.9. The molecule has 0 saturated carbocycles. The number of nitrogens with one attached hydrogen (secondary N) is 1. The molecule has 1 fully saturated rings. The summed E-state index contributed by atoms with van der Waals surface area (Å²) in [6, 6.07) is 7.31. The van der Waals surface area contributed by atoms with Crippen LogP contribution < -0.4 is 9.62 Å². The minimum Gasteiger partial charge on any atom is -0.462 e. The zero-order valence-electron chi connectivity index (χ0n) is 16.3. The van der Waals surface area contributed by atoms with E-state index < -0.39 is 16.0 Å². The number of benzene rings is 2. The van der Waals surface area contributed by atoms with Crippen LogP contribution in [0.25, 0.3) is 0 Å². The van der Waals surface area contributed by atoms with Crippen molar-refractivity contribution in [2.24, 2.45) is 0 Å². The summed E-state index contributed by atoms with van der Waals surface area (Å²) in [6.07, 6.45) is 3.13. The van der Waals surface area contributed by atoms with Gasteiger partial charge >= 0.3 is 5.97 Å². The highest BCUT2D eigenvalue weighted by atomic mass is 35.5. The Balaban J connectivity index is 2.04. The van der Waals surface area contributed by atoms with Crippen molar-refractivity contribution in [3.8, 4) is 0 Å². The molecule has 1 aliphatic rings. The molecule has 6 nitrogen and oxygen atoms in total. The summed E-state index contributed by atoms with van der Waals surface area (Å²) in [4.78, 5) is 14.1. The van der Waals surface area contributed by atoms with Crippen LogP contribution in [0.15, 0.2) is 35.2 Å². The number of sulfonamides is 1. The van der Waals surface area contributed by atoms with Crippen molar-refractivity contribution >= 4 is 62.2 Å². The van der Waals surface area contributed by atoms with E-state index in [9.17, 15) is 13.2 Å². The van der Waals surface area contributed by atoms with Gasteiger partial charge in [0.2, 0.25) is 0 Å². The number of esters is 1. The van der Waals surface area contributed by atoms with E-state index in [4.69, 9.17) is 39.5 Å². The lowest BCUT2D eigenvalue weighted by atomic mass is 10.1. The van der Waals surface area contributed by atoms with Crippen molar-refractivity contribution in [1.29, 1.82) is 0 Å². The Morgan fingerprint density at radius 2 is 1.70 bits per heavy atom. The second kappa shape index (κ2) is 9.64. The highest BCUT2D eigenvalue weighted by molar-refractivity contribution is 7.92. The normalized spacial score (nSPS) is 14.5. The van der Waals surface area contributed by atoms with Crippen LogP contribution in [0.4, 0.5) is 11.4 Å². The monoisotopic (exact) mass is 490 g/mol. The Morgan fingerprint density at radius 1 is 1.03 bits per heavy atom. The summed E-state index contributed by atoms with van der Waals surface area (Å²) < 4.78 is 33.8. The van der Waals surface area contributed by atoms with Gasteiger partial charge in [-0.25, -0.2) is 13.2 Å². The predicted molar refractivity (Wildman–Crippen MR) is 121 cm³/mol. The first-order valence-electron chi connectivity index (χ1n) is 9.46. The molecule has 30 heavy (non-hydrogen) atoms. The topological polar surface area (TPSA) is 75.7 Å². The first kappa shape index (κ1) is 23.0. The molecule has 0 bridgehead atoms. The molecule has 0 aromatic heterocycles. The first-order chi connectivity index (χ1) is 14.2. The molecule has 1 N–H and O–H groups in total. The largest absolute Gasteiger partial charge is 0.462 e. The van der Waals surface area contributed by atoms with Crippen molar-refractivity contribution in [1.82, 2.24) is 0 Å². The van der Waals surface area contributed by atoms with Gasteiger partial charge in [-0.1, -0.05) is 34.8 Å². The van der Waals surface area contributed by atoms with E-state index in [2.05, 4.69) is 9.62 Å². The lowest BCUT2D eigenvalue weighted by Crippen LogP contribution is -2.30. The van der Waals surface area contributed by atoms with Gasteiger partial charge in [-0.3, -0.25) is 4.72 Å². The maximum absolute atomic E-state index is 13.1. The summed E-state index contributed by atoms with van der Waals surface area (Å²) in [7, 11) is -4.10. The van der Waals surface area contributed by atoms with Crippen LogP contribution in [-0.4, -0.2) is 34.1 Å². The third kappa shape index (κ3) is 5.14. The fraction of sp³-hybridized carbons (Fsp3) is 0.350. The van der Waals surface area contributed by atoms with Crippen LogP contribution in [0, 0.1) is 0 Å². The molecule has 2 aromatic carbocycles. The van der Waals surface area contributed by atoms with E-state index in [1.165, 1.54) is 18.2 Å². The number of rotatable bonds is 6. The van der Waals surface area contributed by atoms with Gasteiger partial charge in [0, 0.05) is 13.1 Å². The Labute approximate surface area is 191 Å². The Morgan fingerprint density at radius 3 is 2.37 bits per heavy atom. The highest BCUT2D eigenvalue weighted by Crippen LogP contribution is 2.35. The fourth-order valence-electron chi connectivity index (χ4n) is 3.28. The summed E-state index contributed by atoms with van der Waals surface area (Å²) in [5, 5.41) is 0.162. The molecule has 0 spiro atoms. The highest BCUT2D eigenvalue weighted by Gasteiger charge is 2.24. The number of ether oxygens (including phenoxy) is 1. The van der Waals surface area contributed by atoms with E-state index in [1.54, 1.807) is 19.1 Å². The van der Waals surface area contributed by atoms with Crippen LogP contribution in [-0.2, 0) is 14.8 Å². The SMILES string of the molecule is CCOC(=O)c1ccc(N2CCCCC2)c(NS(=O)(=O)c2cc(Cl)c(Cl)cc2Cl)c1. The van der Waals surface area contributed by atoms with E-state index >= 15 is 0 Å². The van der Waals surface area contributed by atoms with Gasteiger partial charge in [0.05, 0.1) is 38.6 Å². The summed E-state index contributed by atoms with van der Waals surface area (Å²) in [5.41, 5.74) is 1.20. The molecule has 10 heteroatoms. The predicted octanol–water partition coefficient (Wildman–Crippen LogP) is 5.61. The second-order valence-electron chi connectivity index (χ2n) is 6.80. The van der Waals surface area contributed by atoms with Gasteiger partial charge < -0.3 is 9.64 Å². The van der Waals surface area contributed by atoms with Gasteiger partial charge in [0.1, 0.15) is 4.90 Å². The molecule has 0 unspecified atom stereocenters. The smallest absolute Gasteiger partial charge is 0.338 e. The second-order valence-corrected chi connectivity index (χ2v) is 9.67. The number of hydrogen-bond acceptors (Lipinski definition) is 5. The quantitative estimate of drug-likeness (QED) is 0.419. The van der Waals surface area contributed by atoms with Crippen molar-refractivity contribution in [2.75, 3.05) is 29.3 Å². The van der Waals surface area contributed by atoms with Gasteiger partial charge in [-0.2, -0.15) is 0 Å². The number of carbonyl (C=O) groups is 1. The van der Waals surface area contributed by atoms with Crippen LogP contribution >= 0.6 is 34.8 Å². The van der Waals surface area contributed by atoms with E-state index in [0.717, 1.165) is 32.4 Å². The van der Waals surface area contributed by atoms with Crippen molar-refractivity contribution in [3.63, 3.8) is 0 Å². The van der Waals surface area contributed by atoms with Crippen LogP contribution in [0.5, 0.6) is 0 Å². The summed E-state index contributed by atoms with van der Waals surface area (Å²) in [6.45, 7) is 3.50. The van der Waals surface area contributed by atoms with Gasteiger partial charge in [-0.15, -0.1) is 0 Å². The average Bonchev–Trinajstić information content (AvgIpc) is 2.71. The van der Waals surface area contributed by atoms with Crippen molar-refractivity contribution in [3.05, 3.63) is 51.0 Å². The van der Waals surface area contributed by atoms with Gasteiger partial charge in [0.15, 0.2) is 0 Å². The standard InChI is InChI=1S/C20H21Cl3N2O4S/c1-2-29-20(26)13-6-7-18(25-8-4-3-5-9-25)17(10-13)24-30(27,28)19-12-15(22)14(21)11-16(19)23/h6-7,10-12,24H,2-5,8-9H2,1H3. The zero-order valence-corrected chi connectivity index (χ0v) is 19.3. The number of nitrogens with zero attached hydrogens (tertiary/aromatic N) is 1. The molecule has 1 heterocycles. The molecular formula is C20H21Cl3N2O4S. The number of halogens is 3. The number of anilines is 2. The van der Waals surface area contributed by atoms with E-state index in [0.29, 0.717) is 5.69 Å². The van der Waals surface area contributed by atoms with Crippen LogP contribution in [0.1, 0.15) is 36.5 Å². The van der Waals surface area contributed by atoms with Gasteiger partial charge in [0.25, 0.3) is 10.0 Å². The summed E-state index contributed by atoms with van der Waals surface area (Å²) in [5.74, 6) is -0.532. The lowest BCUT2D eigenvalue weighted by molar-refractivity contribution is 0.0526. The van der Waals surface area contributed by atoms with E-state index in [1.807, 2.05) is 0 Å². The van der Waals surface area contributed by atoms with Crippen LogP contribution in [0.3, 0.4) is 0 Å². The fourth-order valence-corrected chi connectivity index (χ4v) is 5.35. The molecule has 0 atom stereocenters.